The average molecular weight is 387 g/mol. The van der Waals surface area contributed by atoms with Crippen LogP contribution in [-0.4, -0.2) is 68.3 Å². The molecule has 0 bridgehead atoms. The number of nitrogens with zero attached hydrogens (tertiary/aromatic N) is 2. The molecule has 138 valence electrons. The number of rotatable bonds is 5. The van der Waals surface area contributed by atoms with Gasteiger partial charge in [-0.1, -0.05) is 23.2 Å². The number of ether oxygens (including phenoxy) is 2. The van der Waals surface area contributed by atoms with Crippen LogP contribution in [0.2, 0.25) is 10.0 Å². The summed E-state index contributed by atoms with van der Waals surface area (Å²) in [6.07, 6.45) is 2.09. The predicted molar refractivity (Wildman–Crippen MR) is 98.5 cm³/mol. The zero-order valence-electron chi connectivity index (χ0n) is 14.3. The fourth-order valence-electron chi connectivity index (χ4n) is 3.33. The van der Waals surface area contributed by atoms with Crippen molar-refractivity contribution in [2.24, 2.45) is 5.92 Å². The van der Waals surface area contributed by atoms with Crippen LogP contribution in [0.3, 0.4) is 0 Å². The van der Waals surface area contributed by atoms with Crippen LogP contribution in [0.1, 0.15) is 12.8 Å². The second-order valence-electron chi connectivity index (χ2n) is 6.60. The van der Waals surface area contributed by atoms with Gasteiger partial charge in [0.15, 0.2) is 6.61 Å². The molecule has 0 N–H and O–H groups in total. The molecule has 1 aromatic rings. The van der Waals surface area contributed by atoms with Crippen LogP contribution in [0.4, 0.5) is 0 Å². The van der Waals surface area contributed by atoms with E-state index in [1.165, 1.54) is 0 Å². The van der Waals surface area contributed by atoms with Gasteiger partial charge in [-0.2, -0.15) is 0 Å². The molecule has 0 saturated carbocycles. The molecule has 1 aromatic carbocycles. The van der Waals surface area contributed by atoms with Crippen LogP contribution < -0.4 is 4.74 Å². The van der Waals surface area contributed by atoms with Gasteiger partial charge in [0.2, 0.25) is 0 Å². The monoisotopic (exact) mass is 386 g/mol. The van der Waals surface area contributed by atoms with E-state index in [4.69, 9.17) is 32.7 Å². The molecule has 1 amide bonds. The maximum atomic E-state index is 12.4. The minimum absolute atomic E-state index is 0.000801. The summed E-state index contributed by atoms with van der Waals surface area (Å²) in [5.74, 6) is 1.11. The zero-order chi connectivity index (χ0) is 17.6. The molecule has 2 aliphatic rings. The second-order valence-corrected chi connectivity index (χ2v) is 7.44. The Balaban J connectivity index is 1.41. The molecule has 2 fully saturated rings. The predicted octanol–water partition coefficient (Wildman–Crippen LogP) is 2.94. The van der Waals surface area contributed by atoms with Crippen LogP contribution in [0.25, 0.3) is 0 Å². The summed E-state index contributed by atoms with van der Waals surface area (Å²) in [7, 11) is 0. The van der Waals surface area contributed by atoms with Crippen molar-refractivity contribution in [1.82, 2.24) is 9.80 Å². The number of morpholine rings is 1. The standard InChI is InChI=1S/C18H24Cl2N2O3/c19-15-1-2-16(20)17(11-15)25-13-18(23)22-5-3-14(4-6-22)12-21-7-9-24-10-8-21/h1-2,11,14H,3-10,12-13H2. The van der Waals surface area contributed by atoms with E-state index in [9.17, 15) is 4.79 Å². The molecule has 2 heterocycles. The first kappa shape index (κ1) is 18.8. The molecule has 0 spiro atoms. The van der Waals surface area contributed by atoms with Crippen molar-refractivity contribution < 1.29 is 14.3 Å². The number of halogens is 2. The van der Waals surface area contributed by atoms with E-state index in [0.29, 0.717) is 21.7 Å². The zero-order valence-corrected chi connectivity index (χ0v) is 15.8. The van der Waals surface area contributed by atoms with Gasteiger partial charge in [0.25, 0.3) is 5.91 Å². The summed E-state index contributed by atoms with van der Waals surface area (Å²) in [6.45, 7) is 6.40. The molecular formula is C18H24Cl2N2O3. The smallest absolute Gasteiger partial charge is 0.260 e. The highest BCUT2D eigenvalue weighted by Gasteiger charge is 2.25. The molecule has 0 aliphatic carbocycles. The minimum Gasteiger partial charge on any atom is -0.482 e. The molecule has 3 rings (SSSR count). The Bertz CT molecular complexity index is 586. The quantitative estimate of drug-likeness (QED) is 0.779. The maximum Gasteiger partial charge on any atom is 0.260 e. The van der Waals surface area contributed by atoms with Crippen molar-refractivity contribution in [3.63, 3.8) is 0 Å². The van der Waals surface area contributed by atoms with Crippen molar-refractivity contribution in [2.75, 3.05) is 52.5 Å². The van der Waals surface area contributed by atoms with Gasteiger partial charge in [-0.3, -0.25) is 9.69 Å². The van der Waals surface area contributed by atoms with Gasteiger partial charge in [-0.05, 0) is 30.9 Å². The number of carbonyl (C=O) groups is 1. The molecular weight excluding hydrogens is 363 g/mol. The van der Waals surface area contributed by atoms with Gasteiger partial charge in [0.05, 0.1) is 18.2 Å². The first-order valence-electron chi connectivity index (χ1n) is 8.77. The lowest BCUT2D eigenvalue weighted by molar-refractivity contribution is -0.134. The fraction of sp³-hybridized carbons (Fsp3) is 0.611. The third-order valence-corrected chi connectivity index (χ3v) is 5.38. The van der Waals surface area contributed by atoms with Gasteiger partial charge < -0.3 is 14.4 Å². The maximum absolute atomic E-state index is 12.4. The van der Waals surface area contributed by atoms with Crippen LogP contribution >= 0.6 is 23.2 Å². The molecule has 7 heteroatoms. The molecule has 2 saturated heterocycles. The SMILES string of the molecule is O=C(COc1cc(Cl)ccc1Cl)N1CCC(CN2CCOCC2)CC1. The van der Waals surface area contributed by atoms with Crippen LogP contribution in [-0.2, 0) is 9.53 Å². The Hall–Kier alpha value is -1.01. The third kappa shape index (κ3) is 5.48. The Kier molecular flexibility index (Phi) is 6.82. The van der Waals surface area contributed by atoms with Gasteiger partial charge in [0.1, 0.15) is 5.75 Å². The van der Waals surface area contributed by atoms with Gasteiger partial charge in [-0.25, -0.2) is 0 Å². The highest BCUT2D eigenvalue weighted by atomic mass is 35.5. The number of hydrogen-bond donors (Lipinski definition) is 0. The Morgan fingerprint density at radius 3 is 2.60 bits per heavy atom. The summed E-state index contributed by atoms with van der Waals surface area (Å²) < 4.78 is 10.9. The minimum atomic E-state index is -0.00576. The van der Waals surface area contributed by atoms with Gasteiger partial charge in [0, 0.05) is 43.8 Å². The summed E-state index contributed by atoms with van der Waals surface area (Å²) >= 11 is 12.0. The van der Waals surface area contributed by atoms with E-state index in [-0.39, 0.29) is 12.5 Å². The largest absolute Gasteiger partial charge is 0.482 e. The van der Waals surface area contributed by atoms with Crippen molar-refractivity contribution in [2.45, 2.75) is 12.8 Å². The highest BCUT2D eigenvalue weighted by Crippen LogP contribution is 2.28. The molecule has 0 aromatic heterocycles. The first-order valence-corrected chi connectivity index (χ1v) is 9.53. The fourth-order valence-corrected chi connectivity index (χ4v) is 3.67. The summed E-state index contributed by atoms with van der Waals surface area (Å²) in [6, 6.07) is 4.99. The number of amides is 1. The number of piperidine rings is 1. The van der Waals surface area contributed by atoms with Crippen LogP contribution in [0, 0.1) is 5.92 Å². The van der Waals surface area contributed by atoms with Crippen molar-refractivity contribution in [1.29, 1.82) is 0 Å². The highest BCUT2D eigenvalue weighted by molar-refractivity contribution is 6.34. The van der Waals surface area contributed by atoms with E-state index in [1.54, 1.807) is 18.2 Å². The number of likely N-dealkylation sites (tertiary alicyclic amines) is 1. The van der Waals surface area contributed by atoms with E-state index in [0.717, 1.165) is 58.8 Å². The van der Waals surface area contributed by atoms with E-state index >= 15 is 0 Å². The molecule has 0 unspecified atom stereocenters. The Labute approximate surface area is 158 Å². The second kappa shape index (κ2) is 9.08. The summed E-state index contributed by atoms with van der Waals surface area (Å²) in [5.41, 5.74) is 0. The molecule has 5 nitrogen and oxygen atoms in total. The summed E-state index contributed by atoms with van der Waals surface area (Å²) in [4.78, 5) is 16.7. The first-order chi connectivity index (χ1) is 12.1. The Morgan fingerprint density at radius 2 is 1.88 bits per heavy atom. The lowest BCUT2D eigenvalue weighted by atomic mass is 9.96. The third-order valence-electron chi connectivity index (χ3n) is 4.83. The van der Waals surface area contributed by atoms with Crippen molar-refractivity contribution in [3.05, 3.63) is 28.2 Å². The van der Waals surface area contributed by atoms with E-state index in [1.807, 2.05) is 4.90 Å². The lowest BCUT2D eigenvalue weighted by Gasteiger charge is -2.36. The lowest BCUT2D eigenvalue weighted by Crippen LogP contribution is -2.45. The topological polar surface area (TPSA) is 42.0 Å². The number of benzene rings is 1. The normalized spacial score (nSPS) is 19.8. The molecule has 0 atom stereocenters. The molecule has 25 heavy (non-hydrogen) atoms. The van der Waals surface area contributed by atoms with E-state index in [2.05, 4.69) is 4.90 Å². The number of carbonyl (C=O) groups excluding carboxylic acids is 1. The molecule has 2 aliphatic heterocycles. The van der Waals surface area contributed by atoms with Crippen molar-refractivity contribution >= 4 is 29.1 Å². The van der Waals surface area contributed by atoms with Crippen molar-refractivity contribution in [3.8, 4) is 5.75 Å². The van der Waals surface area contributed by atoms with Crippen LogP contribution in [0.15, 0.2) is 18.2 Å². The molecule has 0 radical (unpaired) electrons. The average Bonchev–Trinajstić information content (AvgIpc) is 2.64. The van der Waals surface area contributed by atoms with Crippen LogP contribution in [0.5, 0.6) is 5.75 Å². The van der Waals surface area contributed by atoms with Gasteiger partial charge >= 0.3 is 0 Å². The summed E-state index contributed by atoms with van der Waals surface area (Å²) in [5, 5.41) is 0.997. The number of hydrogen-bond acceptors (Lipinski definition) is 4. The van der Waals surface area contributed by atoms with Gasteiger partial charge in [-0.15, -0.1) is 0 Å². The van der Waals surface area contributed by atoms with E-state index < -0.39 is 0 Å². The Morgan fingerprint density at radius 1 is 1.16 bits per heavy atom.